The third-order valence-corrected chi connectivity index (χ3v) is 4.00. The van der Waals surface area contributed by atoms with Gasteiger partial charge in [-0.15, -0.1) is 0 Å². The monoisotopic (exact) mass is 299 g/mol. The van der Waals surface area contributed by atoms with Gasteiger partial charge in [-0.3, -0.25) is 9.48 Å². The SMILES string of the molecule is CC(C(=O)Nc1ccc(N2CCCCC2)nc1)n1cccn1. The van der Waals surface area contributed by atoms with Gasteiger partial charge >= 0.3 is 0 Å². The molecular weight excluding hydrogens is 278 g/mol. The number of anilines is 2. The van der Waals surface area contributed by atoms with Gasteiger partial charge in [0.25, 0.3) is 0 Å². The van der Waals surface area contributed by atoms with Gasteiger partial charge in [0.2, 0.25) is 5.91 Å². The highest BCUT2D eigenvalue weighted by atomic mass is 16.2. The highest BCUT2D eigenvalue weighted by molar-refractivity contribution is 5.93. The lowest BCUT2D eigenvalue weighted by molar-refractivity contribution is -0.119. The highest BCUT2D eigenvalue weighted by Gasteiger charge is 2.16. The first-order chi connectivity index (χ1) is 10.7. The van der Waals surface area contributed by atoms with Crippen molar-refractivity contribution in [2.45, 2.75) is 32.2 Å². The number of carbonyl (C=O) groups excluding carboxylic acids is 1. The summed E-state index contributed by atoms with van der Waals surface area (Å²) in [4.78, 5) is 18.9. The second-order valence-electron chi connectivity index (χ2n) is 5.60. The predicted octanol–water partition coefficient (Wildman–Crippen LogP) is 2.47. The molecule has 3 heterocycles. The molecule has 2 aromatic heterocycles. The van der Waals surface area contributed by atoms with Crippen molar-refractivity contribution in [2.24, 2.45) is 0 Å². The van der Waals surface area contributed by atoms with E-state index >= 15 is 0 Å². The summed E-state index contributed by atoms with van der Waals surface area (Å²) >= 11 is 0. The molecule has 0 aromatic carbocycles. The van der Waals surface area contributed by atoms with Crippen molar-refractivity contribution in [3.63, 3.8) is 0 Å². The maximum atomic E-state index is 12.2. The van der Waals surface area contributed by atoms with Crippen LogP contribution >= 0.6 is 0 Å². The molecule has 1 unspecified atom stereocenters. The van der Waals surface area contributed by atoms with Crippen LogP contribution in [0.1, 0.15) is 32.2 Å². The van der Waals surface area contributed by atoms with Crippen LogP contribution < -0.4 is 10.2 Å². The van der Waals surface area contributed by atoms with Gasteiger partial charge in [-0.25, -0.2) is 4.98 Å². The molecule has 0 aliphatic carbocycles. The molecular formula is C16H21N5O. The number of hydrogen-bond acceptors (Lipinski definition) is 4. The zero-order valence-electron chi connectivity index (χ0n) is 12.8. The van der Waals surface area contributed by atoms with E-state index in [2.05, 4.69) is 20.3 Å². The Morgan fingerprint density at radius 2 is 2.09 bits per heavy atom. The van der Waals surface area contributed by atoms with Crippen LogP contribution in [0.25, 0.3) is 0 Å². The molecule has 1 fully saturated rings. The zero-order valence-corrected chi connectivity index (χ0v) is 12.8. The normalized spacial score (nSPS) is 16.3. The highest BCUT2D eigenvalue weighted by Crippen LogP contribution is 2.19. The summed E-state index contributed by atoms with van der Waals surface area (Å²) in [6, 6.07) is 5.33. The molecule has 0 radical (unpaired) electrons. The van der Waals surface area contributed by atoms with Crippen molar-refractivity contribution in [1.29, 1.82) is 0 Å². The van der Waals surface area contributed by atoms with Crippen LogP contribution in [0.3, 0.4) is 0 Å². The lowest BCUT2D eigenvalue weighted by atomic mass is 10.1. The molecule has 116 valence electrons. The van der Waals surface area contributed by atoms with Crippen LogP contribution in [0, 0.1) is 0 Å². The van der Waals surface area contributed by atoms with Crippen molar-refractivity contribution >= 4 is 17.4 Å². The summed E-state index contributed by atoms with van der Waals surface area (Å²) in [5.41, 5.74) is 0.713. The van der Waals surface area contributed by atoms with Gasteiger partial charge in [-0.2, -0.15) is 5.10 Å². The van der Waals surface area contributed by atoms with E-state index in [4.69, 9.17) is 0 Å². The summed E-state index contributed by atoms with van der Waals surface area (Å²) in [5, 5.41) is 6.97. The molecule has 1 atom stereocenters. The Hall–Kier alpha value is -2.37. The molecule has 1 aliphatic heterocycles. The number of aromatic nitrogens is 3. The van der Waals surface area contributed by atoms with Gasteiger partial charge in [0, 0.05) is 25.5 Å². The molecule has 1 aliphatic rings. The van der Waals surface area contributed by atoms with Crippen LogP contribution in [0.2, 0.25) is 0 Å². The van der Waals surface area contributed by atoms with Gasteiger partial charge in [0.05, 0.1) is 11.9 Å². The molecule has 1 amide bonds. The quantitative estimate of drug-likeness (QED) is 0.942. The Labute approximate surface area is 130 Å². The number of rotatable bonds is 4. The largest absolute Gasteiger partial charge is 0.357 e. The summed E-state index contributed by atoms with van der Waals surface area (Å²) in [7, 11) is 0. The van der Waals surface area contributed by atoms with Gasteiger partial charge in [0.15, 0.2) is 0 Å². The fourth-order valence-corrected chi connectivity index (χ4v) is 2.65. The number of nitrogens with one attached hydrogen (secondary N) is 1. The summed E-state index contributed by atoms with van der Waals surface area (Å²) in [5.74, 6) is 0.883. The van der Waals surface area contributed by atoms with E-state index in [1.807, 2.05) is 19.1 Å². The number of nitrogens with zero attached hydrogens (tertiary/aromatic N) is 4. The predicted molar refractivity (Wildman–Crippen MR) is 85.9 cm³/mol. The lowest BCUT2D eigenvalue weighted by Gasteiger charge is -2.27. The molecule has 0 spiro atoms. The number of carbonyl (C=O) groups is 1. The number of piperidine rings is 1. The Balaban J connectivity index is 1.62. The second kappa shape index (κ2) is 6.60. The van der Waals surface area contributed by atoms with E-state index in [1.165, 1.54) is 19.3 Å². The van der Waals surface area contributed by atoms with E-state index in [0.29, 0.717) is 5.69 Å². The maximum Gasteiger partial charge on any atom is 0.248 e. The Morgan fingerprint density at radius 1 is 1.27 bits per heavy atom. The van der Waals surface area contributed by atoms with Crippen molar-refractivity contribution in [1.82, 2.24) is 14.8 Å². The minimum atomic E-state index is -0.350. The van der Waals surface area contributed by atoms with Crippen LogP contribution in [0.15, 0.2) is 36.8 Å². The number of amides is 1. The minimum absolute atomic E-state index is 0.101. The first-order valence-corrected chi connectivity index (χ1v) is 7.75. The van der Waals surface area contributed by atoms with Gasteiger partial charge in [0.1, 0.15) is 11.9 Å². The molecule has 1 saturated heterocycles. The molecule has 2 aromatic rings. The Bertz CT molecular complexity index is 602. The van der Waals surface area contributed by atoms with E-state index in [9.17, 15) is 4.79 Å². The molecule has 0 bridgehead atoms. The summed E-state index contributed by atoms with van der Waals surface area (Å²) < 4.78 is 1.63. The third-order valence-electron chi connectivity index (χ3n) is 4.00. The van der Waals surface area contributed by atoms with E-state index in [1.54, 1.807) is 29.3 Å². The van der Waals surface area contributed by atoms with Crippen molar-refractivity contribution in [2.75, 3.05) is 23.3 Å². The molecule has 22 heavy (non-hydrogen) atoms. The molecule has 6 nitrogen and oxygen atoms in total. The van der Waals surface area contributed by atoms with Crippen molar-refractivity contribution < 1.29 is 4.79 Å². The van der Waals surface area contributed by atoms with Gasteiger partial charge < -0.3 is 10.2 Å². The van der Waals surface area contributed by atoms with Crippen LogP contribution in [0.5, 0.6) is 0 Å². The molecule has 3 rings (SSSR count). The maximum absolute atomic E-state index is 12.2. The second-order valence-corrected chi connectivity index (χ2v) is 5.60. The lowest BCUT2D eigenvalue weighted by Crippen LogP contribution is -2.30. The van der Waals surface area contributed by atoms with Crippen molar-refractivity contribution in [3.8, 4) is 0 Å². The number of pyridine rings is 1. The van der Waals surface area contributed by atoms with E-state index in [0.717, 1.165) is 18.9 Å². The molecule has 6 heteroatoms. The summed E-state index contributed by atoms with van der Waals surface area (Å²) in [6.07, 6.45) is 8.91. The van der Waals surface area contributed by atoms with Gasteiger partial charge in [-0.05, 0) is 44.4 Å². The summed E-state index contributed by atoms with van der Waals surface area (Å²) in [6.45, 7) is 3.95. The average molecular weight is 299 g/mol. The fourth-order valence-electron chi connectivity index (χ4n) is 2.65. The Kier molecular flexibility index (Phi) is 4.37. The van der Waals surface area contributed by atoms with E-state index < -0.39 is 0 Å². The minimum Gasteiger partial charge on any atom is -0.357 e. The Morgan fingerprint density at radius 3 is 2.73 bits per heavy atom. The standard InChI is InChI=1S/C16H21N5O/c1-13(21-11-5-8-18-21)16(22)19-14-6-7-15(17-12-14)20-9-3-2-4-10-20/h5-8,11-13H,2-4,9-10H2,1H3,(H,19,22). The number of hydrogen-bond donors (Lipinski definition) is 1. The van der Waals surface area contributed by atoms with Crippen LogP contribution in [-0.2, 0) is 4.79 Å². The fraction of sp³-hybridized carbons (Fsp3) is 0.438. The van der Waals surface area contributed by atoms with Crippen molar-refractivity contribution in [3.05, 3.63) is 36.8 Å². The molecule has 1 N–H and O–H groups in total. The van der Waals surface area contributed by atoms with Gasteiger partial charge in [-0.1, -0.05) is 0 Å². The molecule has 0 saturated carbocycles. The average Bonchev–Trinajstić information content (AvgIpc) is 3.10. The first kappa shape index (κ1) is 14.6. The van der Waals surface area contributed by atoms with Crippen LogP contribution in [0.4, 0.5) is 11.5 Å². The first-order valence-electron chi connectivity index (χ1n) is 7.75. The topological polar surface area (TPSA) is 63.1 Å². The van der Waals surface area contributed by atoms with Crippen LogP contribution in [-0.4, -0.2) is 33.8 Å². The smallest absolute Gasteiger partial charge is 0.248 e. The van der Waals surface area contributed by atoms with E-state index in [-0.39, 0.29) is 11.9 Å². The zero-order chi connectivity index (χ0) is 15.4. The third kappa shape index (κ3) is 3.27.